The van der Waals surface area contributed by atoms with Crippen molar-refractivity contribution in [3.05, 3.63) is 33.8 Å². The molecule has 0 fully saturated rings. The monoisotopic (exact) mass is 340 g/mol. The van der Waals surface area contributed by atoms with Crippen molar-refractivity contribution in [3.63, 3.8) is 0 Å². The molecule has 0 atom stereocenters. The van der Waals surface area contributed by atoms with Crippen LogP contribution in [-0.2, 0) is 0 Å². The van der Waals surface area contributed by atoms with Crippen molar-refractivity contribution in [1.82, 2.24) is 10.2 Å². The summed E-state index contributed by atoms with van der Waals surface area (Å²) in [6.07, 6.45) is 0. The molecule has 0 saturated carbocycles. The Bertz CT molecular complexity index is 450. The number of carbonyl (C=O) groups is 1. The third-order valence-corrected chi connectivity index (χ3v) is 4.27. The van der Waals surface area contributed by atoms with E-state index in [-0.39, 0.29) is 5.91 Å². The number of carbonyl (C=O) groups excluding carboxylic acids is 1. The first kappa shape index (κ1) is 17.2. The Kier molecular flexibility index (Phi) is 6.69. The number of hydrogen-bond acceptors (Lipinski definition) is 2. The average Bonchev–Trinajstić information content (AvgIpc) is 2.36. The zero-order valence-electron chi connectivity index (χ0n) is 13.0. The number of halogens is 1. The Morgan fingerprint density at radius 1 is 1.25 bits per heavy atom. The molecule has 1 N–H and O–H groups in total. The van der Waals surface area contributed by atoms with Crippen LogP contribution in [0.25, 0.3) is 0 Å². The molecule has 1 aromatic rings. The van der Waals surface area contributed by atoms with Gasteiger partial charge in [0.05, 0.1) is 0 Å². The molecule has 1 amide bonds. The van der Waals surface area contributed by atoms with Crippen LogP contribution in [0.15, 0.2) is 22.7 Å². The van der Waals surface area contributed by atoms with E-state index >= 15 is 0 Å². The van der Waals surface area contributed by atoms with E-state index in [1.807, 2.05) is 25.1 Å². The van der Waals surface area contributed by atoms with Crippen LogP contribution in [0.5, 0.6) is 0 Å². The largest absolute Gasteiger partial charge is 0.351 e. The van der Waals surface area contributed by atoms with Crippen LogP contribution in [0.4, 0.5) is 0 Å². The molecular weight excluding hydrogens is 316 g/mol. The molecule has 0 bridgehead atoms. The van der Waals surface area contributed by atoms with E-state index < -0.39 is 0 Å². The molecule has 4 heteroatoms. The number of nitrogens with zero attached hydrogens (tertiary/aromatic N) is 1. The van der Waals surface area contributed by atoms with Gasteiger partial charge in [-0.25, -0.2) is 0 Å². The summed E-state index contributed by atoms with van der Waals surface area (Å²) in [5.41, 5.74) is 1.83. The highest BCUT2D eigenvalue weighted by Crippen LogP contribution is 2.17. The maximum atomic E-state index is 12.1. The lowest BCUT2D eigenvalue weighted by Gasteiger charge is -2.30. The van der Waals surface area contributed by atoms with E-state index in [1.165, 1.54) is 0 Å². The summed E-state index contributed by atoms with van der Waals surface area (Å²) in [7, 11) is 0. The van der Waals surface area contributed by atoms with E-state index in [9.17, 15) is 4.79 Å². The Labute approximate surface area is 130 Å². The molecule has 0 aromatic heterocycles. The first-order valence-corrected chi connectivity index (χ1v) is 7.92. The van der Waals surface area contributed by atoms with Gasteiger partial charge in [0.2, 0.25) is 0 Å². The predicted molar refractivity (Wildman–Crippen MR) is 88.2 cm³/mol. The van der Waals surface area contributed by atoms with E-state index in [2.05, 4.69) is 53.8 Å². The van der Waals surface area contributed by atoms with Crippen molar-refractivity contribution >= 4 is 21.8 Å². The molecule has 0 aliphatic rings. The van der Waals surface area contributed by atoms with Gasteiger partial charge < -0.3 is 5.32 Å². The van der Waals surface area contributed by atoms with E-state index in [1.54, 1.807) is 0 Å². The van der Waals surface area contributed by atoms with E-state index in [0.29, 0.717) is 24.2 Å². The fourth-order valence-corrected chi connectivity index (χ4v) is 2.63. The summed E-state index contributed by atoms with van der Waals surface area (Å²) in [4.78, 5) is 14.4. The van der Waals surface area contributed by atoms with Crippen molar-refractivity contribution in [1.29, 1.82) is 0 Å². The van der Waals surface area contributed by atoms with Crippen LogP contribution in [0, 0.1) is 6.92 Å². The molecule has 0 heterocycles. The number of hydrogen-bond donors (Lipinski definition) is 1. The van der Waals surface area contributed by atoms with Crippen LogP contribution in [-0.4, -0.2) is 36.0 Å². The molecule has 0 aliphatic heterocycles. The average molecular weight is 341 g/mol. The van der Waals surface area contributed by atoms with Crippen molar-refractivity contribution in [2.24, 2.45) is 0 Å². The first-order chi connectivity index (χ1) is 9.32. The molecule has 1 rings (SSSR count). The molecule has 0 radical (unpaired) electrons. The second kappa shape index (κ2) is 7.79. The maximum Gasteiger partial charge on any atom is 0.251 e. The maximum absolute atomic E-state index is 12.1. The Morgan fingerprint density at radius 3 is 2.35 bits per heavy atom. The minimum atomic E-state index is -0.0156. The van der Waals surface area contributed by atoms with Gasteiger partial charge in [-0.15, -0.1) is 0 Å². The van der Waals surface area contributed by atoms with Crippen molar-refractivity contribution in [2.75, 3.05) is 13.1 Å². The SMILES string of the molecule is Cc1ccc(C(=O)NCCN(C(C)C)C(C)C)cc1Br. The molecule has 0 unspecified atom stereocenters. The number of nitrogens with one attached hydrogen (secondary N) is 1. The number of amides is 1. The standard InChI is InChI=1S/C16H25BrN2O/c1-11(2)19(12(3)4)9-8-18-16(20)14-7-6-13(5)15(17)10-14/h6-7,10-12H,8-9H2,1-5H3,(H,18,20). The van der Waals surface area contributed by atoms with Crippen LogP contribution < -0.4 is 5.32 Å². The summed E-state index contributed by atoms with van der Waals surface area (Å²) >= 11 is 3.46. The molecule has 20 heavy (non-hydrogen) atoms. The minimum absolute atomic E-state index is 0.0156. The zero-order valence-corrected chi connectivity index (χ0v) is 14.6. The molecule has 1 aromatic carbocycles. The third kappa shape index (κ3) is 4.91. The Morgan fingerprint density at radius 2 is 1.85 bits per heavy atom. The van der Waals surface area contributed by atoms with E-state index in [0.717, 1.165) is 16.6 Å². The number of benzene rings is 1. The molecule has 112 valence electrons. The van der Waals surface area contributed by atoms with Gasteiger partial charge in [0.15, 0.2) is 0 Å². The predicted octanol–water partition coefficient (Wildman–Crippen LogP) is 3.61. The van der Waals surface area contributed by atoms with Gasteiger partial charge in [0, 0.05) is 35.2 Å². The zero-order chi connectivity index (χ0) is 15.3. The highest BCUT2D eigenvalue weighted by atomic mass is 79.9. The molecule has 0 aliphatic carbocycles. The van der Waals surface area contributed by atoms with Gasteiger partial charge in [-0.2, -0.15) is 0 Å². The summed E-state index contributed by atoms with van der Waals surface area (Å²) < 4.78 is 0.969. The number of aryl methyl sites for hydroxylation is 1. The topological polar surface area (TPSA) is 32.3 Å². The van der Waals surface area contributed by atoms with Crippen LogP contribution >= 0.6 is 15.9 Å². The van der Waals surface area contributed by atoms with E-state index in [4.69, 9.17) is 0 Å². The Hall–Kier alpha value is -0.870. The van der Waals surface area contributed by atoms with Gasteiger partial charge in [0.1, 0.15) is 0 Å². The van der Waals surface area contributed by atoms with Crippen molar-refractivity contribution in [2.45, 2.75) is 46.7 Å². The molecule has 0 spiro atoms. The van der Waals surface area contributed by atoms with Crippen molar-refractivity contribution in [3.8, 4) is 0 Å². The smallest absolute Gasteiger partial charge is 0.251 e. The highest BCUT2D eigenvalue weighted by molar-refractivity contribution is 9.10. The fourth-order valence-electron chi connectivity index (χ4n) is 2.25. The first-order valence-electron chi connectivity index (χ1n) is 7.13. The van der Waals surface area contributed by atoms with Crippen LogP contribution in [0.2, 0.25) is 0 Å². The fraction of sp³-hybridized carbons (Fsp3) is 0.562. The quantitative estimate of drug-likeness (QED) is 0.857. The number of rotatable bonds is 6. The summed E-state index contributed by atoms with van der Waals surface area (Å²) in [5, 5.41) is 2.98. The van der Waals surface area contributed by atoms with Gasteiger partial charge >= 0.3 is 0 Å². The molecule has 3 nitrogen and oxygen atoms in total. The van der Waals surface area contributed by atoms with Gasteiger partial charge in [-0.1, -0.05) is 22.0 Å². The summed E-state index contributed by atoms with van der Waals surface area (Å²) in [6.45, 7) is 12.3. The summed E-state index contributed by atoms with van der Waals surface area (Å²) in [6, 6.07) is 6.65. The lowest BCUT2D eigenvalue weighted by atomic mass is 10.1. The second-order valence-electron chi connectivity index (χ2n) is 5.65. The van der Waals surface area contributed by atoms with Crippen LogP contribution in [0.1, 0.15) is 43.6 Å². The third-order valence-electron chi connectivity index (χ3n) is 3.42. The van der Waals surface area contributed by atoms with Gasteiger partial charge in [0.25, 0.3) is 5.91 Å². The van der Waals surface area contributed by atoms with Crippen LogP contribution in [0.3, 0.4) is 0 Å². The van der Waals surface area contributed by atoms with Gasteiger partial charge in [-0.05, 0) is 52.3 Å². The Balaban J connectivity index is 2.53. The highest BCUT2D eigenvalue weighted by Gasteiger charge is 2.13. The van der Waals surface area contributed by atoms with Gasteiger partial charge in [-0.3, -0.25) is 9.69 Å². The lowest BCUT2D eigenvalue weighted by Crippen LogP contribution is -2.42. The second-order valence-corrected chi connectivity index (χ2v) is 6.50. The molecular formula is C16H25BrN2O. The van der Waals surface area contributed by atoms with Crippen molar-refractivity contribution < 1.29 is 4.79 Å². The lowest BCUT2D eigenvalue weighted by molar-refractivity contribution is 0.0939. The normalized spacial score (nSPS) is 11.4. The summed E-state index contributed by atoms with van der Waals surface area (Å²) in [5.74, 6) is -0.0156. The molecule has 0 saturated heterocycles. The minimum Gasteiger partial charge on any atom is -0.351 e.